The van der Waals surface area contributed by atoms with Crippen molar-refractivity contribution in [2.75, 3.05) is 71.8 Å². The number of nitrogens with zero attached hydrogens (tertiary/aromatic N) is 6. The van der Waals surface area contributed by atoms with E-state index in [1.54, 1.807) is 54.6 Å². The summed E-state index contributed by atoms with van der Waals surface area (Å²) in [6.07, 6.45) is 0. The second-order valence-corrected chi connectivity index (χ2v) is 14.2. The molecule has 46 heavy (non-hydrogen) atoms. The lowest BCUT2D eigenvalue weighted by molar-refractivity contribution is 0.219. The van der Waals surface area contributed by atoms with Crippen LogP contribution < -0.4 is 19.4 Å². The number of hydrogen-bond donors (Lipinski definition) is 1. The van der Waals surface area contributed by atoms with Gasteiger partial charge in [-0.3, -0.25) is 9.52 Å². The Balaban J connectivity index is 1.18. The van der Waals surface area contributed by atoms with Gasteiger partial charge >= 0.3 is 5.24 Å². The summed E-state index contributed by atoms with van der Waals surface area (Å²) in [5, 5.41) is 2.44. The summed E-state index contributed by atoms with van der Waals surface area (Å²) in [4.78, 5) is 32.1. The highest BCUT2D eigenvalue weighted by molar-refractivity contribution is 8.14. The number of amides is 1. The fourth-order valence-electron chi connectivity index (χ4n) is 5.45. The Morgan fingerprint density at radius 2 is 1.46 bits per heavy atom. The van der Waals surface area contributed by atoms with Crippen LogP contribution in [0, 0.1) is 0 Å². The van der Waals surface area contributed by atoms with Crippen LogP contribution in [0.4, 0.5) is 27.2 Å². The van der Waals surface area contributed by atoms with E-state index in [2.05, 4.69) is 64.2 Å². The van der Waals surface area contributed by atoms with Crippen molar-refractivity contribution in [1.29, 1.82) is 0 Å². The van der Waals surface area contributed by atoms with E-state index < -0.39 is 9.84 Å². The lowest BCUT2D eigenvalue weighted by Gasteiger charge is -2.37. The predicted molar refractivity (Wildman–Crippen MR) is 191 cm³/mol. The lowest BCUT2D eigenvalue weighted by Crippen LogP contribution is -2.48. The van der Waals surface area contributed by atoms with Crippen LogP contribution in [0.3, 0.4) is 0 Å². The number of nitrogens with one attached hydrogen (secondary N) is 1. The van der Waals surface area contributed by atoms with Crippen molar-refractivity contribution in [2.24, 2.45) is 0 Å². The molecule has 1 N–H and O–H groups in total. The Morgan fingerprint density at radius 1 is 0.826 bits per heavy atom. The third-order valence-electron chi connectivity index (χ3n) is 8.11. The van der Waals surface area contributed by atoms with Gasteiger partial charge in [-0.15, -0.1) is 11.3 Å². The zero-order chi connectivity index (χ0) is 32.7. The zero-order valence-corrected chi connectivity index (χ0v) is 29.2. The van der Waals surface area contributed by atoms with E-state index in [9.17, 15) is 13.2 Å². The van der Waals surface area contributed by atoms with Gasteiger partial charge in [0.15, 0.2) is 10.9 Å². The third-order valence-corrected chi connectivity index (χ3v) is 11.5. The van der Waals surface area contributed by atoms with Crippen molar-refractivity contribution in [3.63, 3.8) is 0 Å². The van der Waals surface area contributed by atoms with Gasteiger partial charge in [0.05, 0.1) is 21.2 Å². The summed E-state index contributed by atoms with van der Waals surface area (Å²) in [6.45, 7) is 14.8. The zero-order valence-electron chi connectivity index (χ0n) is 26.7. The van der Waals surface area contributed by atoms with Crippen LogP contribution in [0.15, 0.2) is 81.9 Å². The maximum Gasteiger partial charge on any atom is 0.302 e. The van der Waals surface area contributed by atoms with Gasteiger partial charge in [-0.25, -0.2) is 18.4 Å². The quantitative estimate of drug-likeness (QED) is 0.162. The first-order valence-electron chi connectivity index (χ1n) is 15.6. The minimum Gasteiger partial charge on any atom is -0.369 e. The van der Waals surface area contributed by atoms with Crippen molar-refractivity contribution in [2.45, 2.75) is 37.5 Å². The molecule has 0 saturated carbocycles. The molecule has 1 amide bonds. The second kappa shape index (κ2) is 15.2. The van der Waals surface area contributed by atoms with Gasteiger partial charge in [-0.2, -0.15) is 0 Å². The first kappa shape index (κ1) is 33.6. The number of piperazine rings is 1. The van der Waals surface area contributed by atoms with Gasteiger partial charge in [0.25, 0.3) is 0 Å². The molecular weight excluding hydrogens is 639 g/mol. The number of anilines is 4. The molecule has 0 aliphatic carbocycles. The standard InChI is InChI=1S/C33H41N7O3S3/c1-5-37(6-2)29-18-19-30(38(7-3)8-4)35-31(29)39-20-22-40(23-21-39)33(41)45-36-32-34-28(24-44-32)25-14-16-27(17-15-25)46(42,43)26-12-10-9-11-13-26/h9-19,24H,5-8,20-23H2,1-4H3,(H,34,36). The molecular formula is C33H41N7O3S3. The number of aromatic nitrogens is 2. The van der Waals surface area contributed by atoms with Gasteiger partial charge in [0.2, 0.25) is 9.84 Å². The van der Waals surface area contributed by atoms with Crippen LogP contribution in [0.2, 0.25) is 0 Å². The van der Waals surface area contributed by atoms with E-state index in [4.69, 9.17) is 4.98 Å². The summed E-state index contributed by atoms with van der Waals surface area (Å²) < 4.78 is 28.9. The summed E-state index contributed by atoms with van der Waals surface area (Å²) in [5.74, 6) is 1.96. The number of benzene rings is 2. The van der Waals surface area contributed by atoms with Crippen LogP contribution in [0.1, 0.15) is 27.7 Å². The highest BCUT2D eigenvalue weighted by atomic mass is 32.2. The molecule has 1 aliphatic heterocycles. The van der Waals surface area contributed by atoms with Crippen molar-refractivity contribution in [3.05, 3.63) is 72.1 Å². The first-order chi connectivity index (χ1) is 22.3. The monoisotopic (exact) mass is 679 g/mol. The Bertz CT molecular complexity index is 1700. The predicted octanol–water partition coefficient (Wildman–Crippen LogP) is 6.73. The molecule has 0 atom stereocenters. The van der Waals surface area contributed by atoms with Crippen molar-refractivity contribution >= 4 is 60.8 Å². The van der Waals surface area contributed by atoms with Crippen molar-refractivity contribution in [1.82, 2.24) is 14.9 Å². The van der Waals surface area contributed by atoms with Crippen LogP contribution in [-0.2, 0) is 9.84 Å². The molecule has 0 spiro atoms. The fourth-order valence-corrected chi connectivity index (χ4v) is 8.14. The molecule has 1 saturated heterocycles. The fraction of sp³-hybridized carbons (Fsp3) is 0.364. The normalized spacial score (nSPS) is 13.5. The first-order valence-corrected chi connectivity index (χ1v) is 18.8. The Morgan fingerprint density at radius 3 is 2.09 bits per heavy atom. The average molecular weight is 680 g/mol. The third kappa shape index (κ3) is 7.42. The number of pyridine rings is 1. The maximum atomic E-state index is 13.1. The van der Waals surface area contributed by atoms with E-state index in [1.165, 1.54) is 11.3 Å². The minimum absolute atomic E-state index is 0.0549. The van der Waals surface area contributed by atoms with E-state index in [1.807, 2.05) is 10.3 Å². The topological polar surface area (TPSA) is 102 Å². The van der Waals surface area contributed by atoms with Gasteiger partial charge in [0.1, 0.15) is 5.82 Å². The van der Waals surface area contributed by atoms with E-state index in [-0.39, 0.29) is 15.0 Å². The number of sulfone groups is 1. The van der Waals surface area contributed by atoms with Crippen LogP contribution in [0.5, 0.6) is 0 Å². The van der Waals surface area contributed by atoms with E-state index in [0.29, 0.717) is 37.0 Å². The van der Waals surface area contributed by atoms with E-state index in [0.717, 1.165) is 61.0 Å². The summed E-state index contributed by atoms with van der Waals surface area (Å²) >= 11 is 2.43. The number of rotatable bonds is 12. The Labute approximate surface area is 280 Å². The van der Waals surface area contributed by atoms with Crippen molar-refractivity contribution in [3.8, 4) is 11.3 Å². The molecule has 13 heteroatoms. The highest BCUT2D eigenvalue weighted by Crippen LogP contribution is 2.32. The molecule has 244 valence electrons. The SMILES string of the molecule is CCN(CC)c1ccc(N(CC)CC)c(N2CCN(C(=O)SNc3nc(-c4ccc(S(=O)(=O)c5ccccc5)cc4)cs3)CC2)n1. The minimum atomic E-state index is -3.58. The van der Waals surface area contributed by atoms with Crippen LogP contribution in [0.25, 0.3) is 11.3 Å². The number of carbonyl (C=O) groups excluding carboxylic acids is 1. The van der Waals surface area contributed by atoms with Gasteiger partial charge in [0, 0.05) is 75.2 Å². The lowest BCUT2D eigenvalue weighted by atomic mass is 10.2. The smallest absolute Gasteiger partial charge is 0.302 e. The van der Waals surface area contributed by atoms with Crippen molar-refractivity contribution < 1.29 is 13.2 Å². The molecule has 3 heterocycles. The molecule has 1 aliphatic rings. The van der Waals surface area contributed by atoms with Gasteiger partial charge in [-0.05, 0) is 64.1 Å². The molecule has 5 rings (SSSR count). The molecule has 2 aromatic heterocycles. The number of thiazole rings is 1. The molecule has 0 radical (unpaired) electrons. The summed E-state index contributed by atoms with van der Waals surface area (Å²) in [6, 6.07) is 19.4. The van der Waals surface area contributed by atoms with Crippen LogP contribution >= 0.6 is 23.3 Å². The highest BCUT2D eigenvalue weighted by Gasteiger charge is 2.26. The second-order valence-electron chi connectivity index (χ2n) is 10.7. The average Bonchev–Trinajstić information content (AvgIpc) is 3.58. The van der Waals surface area contributed by atoms with Crippen LogP contribution in [-0.4, -0.2) is 80.9 Å². The molecule has 2 aromatic carbocycles. The maximum absolute atomic E-state index is 13.1. The largest absolute Gasteiger partial charge is 0.369 e. The molecule has 1 fully saturated rings. The number of carbonyl (C=O) groups is 1. The molecule has 0 bridgehead atoms. The van der Waals surface area contributed by atoms with Gasteiger partial charge in [-0.1, -0.05) is 30.3 Å². The molecule has 4 aromatic rings. The summed E-state index contributed by atoms with van der Waals surface area (Å²) in [5.41, 5.74) is 2.64. The molecule has 10 nitrogen and oxygen atoms in total. The van der Waals surface area contributed by atoms with E-state index >= 15 is 0 Å². The number of hydrogen-bond acceptors (Lipinski definition) is 11. The Hall–Kier alpha value is -3.81. The Kier molecular flexibility index (Phi) is 11.1. The summed E-state index contributed by atoms with van der Waals surface area (Å²) in [7, 11) is -3.58. The van der Waals surface area contributed by atoms with Gasteiger partial charge < -0.3 is 19.6 Å². The molecule has 0 unspecified atom stereocenters.